The molecule has 0 heteroatoms. The van der Waals surface area contributed by atoms with E-state index in [4.69, 9.17) is 0 Å². The largest absolute Gasteiger partial charge is 0.0683 e. The van der Waals surface area contributed by atoms with Crippen molar-refractivity contribution in [2.24, 2.45) is 29.1 Å². The molecule has 0 fully saturated rings. The highest BCUT2D eigenvalue weighted by molar-refractivity contribution is 5.28. The predicted octanol–water partition coefficient (Wildman–Crippen LogP) is 19.7. The maximum Gasteiger partial charge on any atom is -0.0395 e. The van der Waals surface area contributed by atoms with Crippen LogP contribution in [-0.4, -0.2) is 0 Å². The standard InChI is InChI=1S/C9H12.2C8H10.C8H18.C6H14.2C5H12.C4H10.C2H6/c1-7-4-5-8(2)9(3)6-7;1-7-3-5-8(2)6-4-7;1-7-4-3-5-8(2)6-7;1-4-5-6-7-8(2)3;1-4-5-6(2)3;1-5(2,3)4;1-4-5(2)3;1-4(2)3;1-2/h4-6H,1-3H3;2*3-6H,1-2H3;8H,4-7H2,1-3H3;6H,4-5H2,1-3H3;1-4H3;5H,4H2,1-3H3;4H,1-3H3;1-2H3. The van der Waals surface area contributed by atoms with Crippen LogP contribution in [0.15, 0.2) is 66.7 Å². The molecule has 55 heavy (non-hydrogen) atoms. The molecule has 0 nitrogen and oxygen atoms in total. The Morgan fingerprint density at radius 1 is 0.418 bits per heavy atom. The van der Waals surface area contributed by atoms with Crippen LogP contribution in [-0.2, 0) is 0 Å². The summed E-state index contributed by atoms with van der Waals surface area (Å²) in [5.41, 5.74) is 9.94. The molecule has 3 rings (SSSR count). The van der Waals surface area contributed by atoms with Crippen molar-refractivity contribution in [3.8, 4) is 0 Å². The van der Waals surface area contributed by atoms with Gasteiger partial charge in [-0.25, -0.2) is 0 Å². The average molecular weight is 765 g/mol. The van der Waals surface area contributed by atoms with E-state index >= 15 is 0 Å². The minimum Gasteiger partial charge on any atom is -0.0683 e. The fourth-order valence-corrected chi connectivity index (χ4v) is 3.72. The second-order valence-corrected chi connectivity index (χ2v) is 18.5. The third-order valence-corrected chi connectivity index (χ3v) is 7.12. The topological polar surface area (TPSA) is 0 Å². The molecule has 0 heterocycles. The van der Waals surface area contributed by atoms with Crippen molar-refractivity contribution in [3.05, 3.63) is 106 Å². The van der Waals surface area contributed by atoms with Crippen LogP contribution in [0.1, 0.15) is 209 Å². The first-order valence-electron chi connectivity index (χ1n) is 22.4. The van der Waals surface area contributed by atoms with Gasteiger partial charge in [0.05, 0.1) is 0 Å². The molecule has 0 unspecified atom stereocenters. The first kappa shape index (κ1) is 64.6. The molecule has 324 valence electrons. The highest BCUT2D eigenvalue weighted by Gasteiger charge is 1.95. The van der Waals surface area contributed by atoms with E-state index in [0.29, 0.717) is 5.41 Å². The maximum atomic E-state index is 2.29. The molecule has 0 aromatic heterocycles. The summed E-state index contributed by atoms with van der Waals surface area (Å²) in [6.07, 6.45) is 9.62. The summed E-state index contributed by atoms with van der Waals surface area (Å²) in [6.45, 7) is 54.2. The minimum atomic E-state index is 0.500. The summed E-state index contributed by atoms with van der Waals surface area (Å²) in [5.74, 6) is 3.52. The predicted molar refractivity (Wildman–Crippen MR) is 263 cm³/mol. The number of benzene rings is 3. The Labute approximate surface area is 351 Å². The van der Waals surface area contributed by atoms with E-state index in [1.54, 1.807) is 0 Å². The van der Waals surface area contributed by atoms with Crippen LogP contribution >= 0.6 is 0 Å². The minimum absolute atomic E-state index is 0.500. The Morgan fingerprint density at radius 3 is 0.945 bits per heavy atom. The van der Waals surface area contributed by atoms with Crippen LogP contribution < -0.4 is 0 Å². The van der Waals surface area contributed by atoms with Gasteiger partial charge < -0.3 is 0 Å². The molecule has 3 aromatic carbocycles. The van der Waals surface area contributed by atoms with Crippen molar-refractivity contribution >= 4 is 0 Å². The lowest BCUT2D eigenvalue weighted by atomic mass is 10.0. The number of hydrogen-bond acceptors (Lipinski definition) is 0. The van der Waals surface area contributed by atoms with Crippen LogP contribution in [0.2, 0.25) is 0 Å². The van der Waals surface area contributed by atoms with Crippen LogP contribution in [0.25, 0.3) is 0 Å². The van der Waals surface area contributed by atoms with Gasteiger partial charge in [-0.15, -0.1) is 0 Å². The van der Waals surface area contributed by atoms with E-state index in [1.165, 1.54) is 83.9 Å². The summed E-state index contributed by atoms with van der Waals surface area (Å²) in [7, 11) is 0. The van der Waals surface area contributed by atoms with E-state index in [0.717, 1.165) is 23.7 Å². The van der Waals surface area contributed by atoms with Crippen molar-refractivity contribution in [2.75, 3.05) is 0 Å². The molecule has 0 aliphatic carbocycles. The first-order valence-corrected chi connectivity index (χ1v) is 22.4. The summed E-state index contributed by atoms with van der Waals surface area (Å²) >= 11 is 0. The van der Waals surface area contributed by atoms with Gasteiger partial charge in [0, 0.05) is 0 Å². The van der Waals surface area contributed by atoms with E-state index in [-0.39, 0.29) is 0 Å². The highest BCUT2D eigenvalue weighted by Crippen LogP contribution is 2.09. The average Bonchev–Trinajstić information content (AvgIpc) is 3.05. The van der Waals surface area contributed by atoms with Gasteiger partial charge in [-0.3, -0.25) is 0 Å². The van der Waals surface area contributed by atoms with Crippen molar-refractivity contribution in [1.82, 2.24) is 0 Å². The van der Waals surface area contributed by atoms with Gasteiger partial charge in [0.2, 0.25) is 0 Å². The quantitative estimate of drug-likeness (QED) is 0.210. The van der Waals surface area contributed by atoms with Crippen LogP contribution in [0.4, 0.5) is 0 Å². The summed E-state index contributed by atoms with van der Waals surface area (Å²) in [4.78, 5) is 0. The smallest absolute Gasteiger partial charge is 0.0395 e. The van der Waals surface area contributed by atoms with Gasteiger partial charge >= 0.3 is 0 Å². The van der Waals surface area contributed by atoms with Gasteiger partial charge in [-0.05, 0) is 88.7 Å². The first-order chi connectivity index (χ1) is 25.3. The van der Waals surface area contributed by atoms with E-state index in [1.807, 2.05) is 13.8 Å². The van der Waals surface area contributed by atoms with E-state index in [2.05, 4.69) is 226 Å². The Hall–Kier alpha value is -2.34. The zero-order valence-electron chi connectivity index (χ0n) is 42.6. The third kappa shape index (κ3) is 77.1. The van der Waals surface area contributed by atoms with Gasteiger partial charge in [0.25, 0.3) is 0 Å². The molecule has 0 amide bonds. The summed E-state index contributed by atoms with van der Waals surface area (Å²) in [5, 5.41) is 0. The van der Waals surface area contributed by atoms with Crippen LogP contribution in [0.5, 0.6) is 0 Å². The molecule has 3 aromatic rings. The molecule has 0 atom stereocenters. The zero-order chi connectivity index (χ0) is 44.6. The molecule has 0 radical (unpaired) electrons. The molecule has 0 N–H and O–H groups in total. The Kier molecular flexibility index (Phi) is 52.1. The van der Waals surface area contributed by atoms with E-state index < -0.39 is 0 Å². The van der Waals surface area contributed by atoms with Gasteiger partial charge in [0.1, 0.15) is 0 Å². The SMILES string of the molecule is CC.CC(C)(C)C.CC(C)C.CCC(C)C.CCCC(C)C.CCCCCC(C)C.Cc1ccc(C)c(C)c1.Cc1ccc(C)cc1.Cc1cccc(C)c1. The van der Waals surface area contributed by atoms with Crippen molar-refractivity contribution in [3.63, 3.8) is 0 Å². The Balaban J connectivity index is -0.000000126. The van der Waals surface area contributed by atoms with Gasteiger partial charge in [0.15, 0.2) is 0 Å². The molecule has 0 saturated heterocycles. The zero-order valence-corrected chi connectivity index (χ0v) is 42.6. The lowest BCUT2D eigenvalue weighted by molar-refractivity contribution is 0.469. The lowest BCUT2D eigenvalue weighted by Crippen LogP contribution is -1.93. The summed E-state index contributed by atoms with van der Waals surface area (Å²) in [6, 6.07) is 23.4. The maximum absolute atomic E-state index is 2.29. The van der Waals surface area contributed by atoms with Crippen LogP contribution in [0, 0.1) is 77.6 Å². The lowest BCUT2D eigenvalue weighted by Gasteiger charge is -2.05. The van der Waals surface area contributed by atoms with Crippen molar-refractivity contribution < 1.29 is 0 Å². The Morgan fingerprint density at radius 2 is 0.745 bits per heavy atom. The molecule has 0 aliphatic heterocycles. The molecule has 0 bridgehead atoms. The van der Waals surface area contributed by atoms with Gasteiger partial charge in [-0.2, -0.15) is 0 Å². The van der Waals surface area contributed by atoms with E-state index in [9.17, 15) is 0 Å². The van der Waals surface area contributed by atoms with Crippen molar-refractivity contribution in [1.29, 1.82) is 0 Å². The number of hydrogen-bond donors (Lipinski definition) is 0. The molecule has 0 aliphatic rings. The second kappa shape index (κ2) is 44.4. The Bertz CT molecular complexity index is 1090. The highest BCUT2D eigenvalue weighted by atomic mass is 14.0. The fraction of sp³-hybridized carbons (Fsp3) is 0.673. The number of rotatable bonds is 7. The van der Waals surface area contributed by atoms with Gasteiger partial charge in [-0.1, -0.05) is 264 Å². The van der Waals surface area contributed by atoms with Crippen molar-refractivity contribution in [2.45, 2.75) is 218 Å². The molecule has 0 spiro atoms. The molecular weight excluding hydrogens is 661 g/mol. The number of unbranched alkanes of at least 4 members (excludes halogenated alkanes) is 2. The van der Waals surface area contributed by atoms with Crippen LogP contribution in [0.3, 0.4) is 0 Å². The fourth-order valence-electron chi connectivity index (χ4n) is 3.72. The monoisotopic (exact) mass is 765 g/mol. The summed E-state index contributed by atoms with van der Waals surface area (Å²) < 4.78 is 0. The number of aryl methyl sites for hydroxylation is 7. The second-order valence-electron chi connectivity index (χ2n) is 18.5. The third-order valence-electron chi connectivity index (χ3n) is 7.12. The normalized spacial score (nSPS) is 9.62. The molecule has 0 saturated carbocycles. The molecular formula is C55H104.